The average molecular weight is 522 g/mol. The van der Waals surface area contributed by atoms with Gasteiger partial charge in [-0.15, -0.1) is 0 Å². The zero-order valence-electron chi connectivity index (χ0n) is 23.2. The lowest BCUT2D eigenvalue weighted by Crippen LogP contribution is -1.97. The lowest BCUT2D eigenvalue weighted by Gasteiger charge is -2.23. The van der Waals surface area contributed by atoms with E-state index in [4.69, 9.17) is 6.11 Å². The topological polar surface area (TPSA) is 9.23 Å². The molecule has 1 heterocycles. The zero-order valence-corrected chi connectivity index (χ0v) is 22.2. The summed E-state index contributed by atoms with van der Waals surface area (Å²) in [5.41, 5.74) is 6.95. The van der Waals surface area contributed by atoms with Crippen molar-refractivity contribution in [2.45, 2.75) is 0 Å². The maximum atomic E-state index is 8.59. The first-order chi connectivity index (χ1) is 20.7. The summed E-state index contributed by atoms with van der Waals surface area (Å²) < 4.78 is 15.0. The van der Waals surface area contributed by atoms with E-state index < -0.39 is 0 Å². The number of hydrogen-bond acceptors (Lipinski definition) is 1. The molecule has 0 aliphatic carbocycles. The number of benzene rings is 8. The summed E-state index contributed by atoms with van der Waals surface area (Å²) in [5.74, 6) is 1.78. The SMILES string of the molecule is [2H]c1ccc2c(-c3ccc4c(c3)-c3cccc5cccc(c35)O4)c3ccccc3c(-c3ccc4ccccc4c3)c2c1. The van der Waals surface area contributed by atoms with Gasteiger partial charge in [0.1, 0.15) is 11.5 Å². The standard InChI is InChI=1S/C40H24O/c1-2-10-27-23-28(20-19-25(27)9-1)38-30-13-3-5-15-32(30)39(33-16-6-4-14-31(33)38)29-21-22-36-35(24-29)34-17-7-11-26-12-8-18-37(41-36)40(26)34/h1-24H/i3D. The molecule has 0 N–H and O–H groups in total. The normalized spacial score (nSPS) is 12.4. The minimum Gasteiger partial charge on any atom is -0.456 e. The van der Waals surface area contributed by atoms with Gasteiger partial charge in [-0.1, -0.05) is 121 Å². The second-order valence-electron chi connectivity index (χ2n) is 10.8. The smallest absolute Gasteiger partial charge is 0.135 e. The molecule has 0 aromatic heterocycles. The van der Waals surface area contributed by atoms with Crippen molar-refractivity contribution in [3.63, 3.8) is 0 Å². The molecule has 41 heavy (non-hydrogen) atoms. The van der Waals surface area contributed by atoms with Gasteiger partial charge in [0.05, 0.1) is 1.37 Å². The Morgan fingerprint density at radius 3 is 1.88 bits per heavy atom. The van der Waals surface area contributed by atoms with Crippen LogP contribution in [-0.2, 0) is 0 Å². The molecule has 8 aromatic carbocycles. The van der Waals surface area contributed by atoms with Gasteiger partial charge in [-0.2, -0.15) is 0 Å². The van der Waals surface area contributed by atoms with E-state index in [0.29, 0.717) is 6.04 Å². The third kappa shape index (κ3) is 3.30. The Morgan fingerprint density at radius 2 is 1.05 bits per heavy atom. The van der Waals surface area contributed by atoms with Crippen LogP contribution in [0.2, 0.25) is 0 Å². The summed E-state index contributed by atoms with van der Waals surface area (Å²) in [4.78, 5) is 0. The van der Waals surface area contributed by atoms with Crippen LogP contribution in [-0.4, -0.2) is 0 Å². The molecule has 0 bridgehead atoms. The summed E-state index contributed by atoms with van der Waals surface area (Å²) in [6, 6.07) is 49.7. The molecule has 9 rings (SSSR count). The molecule has 1 aliphatic heterocycles. The molecule has 0 spiro atoms. The monoisotopic (exact) mass is 521 g/mol. The van der Waals surface area contributed by atoms with Gasteiger partial charge in [0, 0.05) is 10.9 Å². The quantitative estimate of drug-likeness (QED) is 0.206. The minimum absolute atomic E-state index is 0.507. The molecule has 1 heteroatoms. The third-order valence-corrected chi connectivity index (χ3v) is 8.55. The van der Waals surface area contributed by atoms with Gasteiger partial charge in [-0.25, -0.2) is 0 Å². The number of hydrogen-bond donors (Lipinski definition) is 0. The van der Waals surface area contributed by atoms with Crippen LogP contribution in [0.5, 0.6) is 11.5 Å². The van der Waals surface area contributed by atoms with Gasteiger partial charge in [-0.05, 0) is 89.8 Å². The number of rotatable bonds is 2. The van der Waals surface area contributed by atoms with E-state index in [9.17, 15) is 0 Å². The molecule has 0 amide bonds. The third-order valence-electron chi connectivity index (χ3n) is 8.55. The van der Waals surface area contributed by atoms with Gasteiger partial charge in [-0.3, -0.25) is 0 Å². The first-order valence-corrected chi connectivity index (χ1v) is 14.0. The Kier molecular flexibility index (Phi) is 4.47. The Labute approximate surface area is 239 Å². The number of ether oxygens (including phenoxy) is 1. The Hall–Kier alpha value is -5.40. The maximum absolute atomic E-state index is 8.59. The minimum atomic E-state index is 0.507. The van der Waals surface area contributed by atoms with Crippen molar-refractivity contribution < 1.29 is 6.11 Å². The van der Waals surface area contributed by atoms with Gasteiger partial charge >= 0.3 is 0 Å². The van der Waals surface area contributed by atoms with Crippen molar-refractivity contribution in [3.8, 4) is 44.9 Å². The Bertz CT molecular complexity index is 2400. The van der Waals surface area contributed by atoms with Gasteiger partial charge < -0.3 is 4.74 Å². The van der Waals surface area contributed by atoms with E-state index in [1.54, 1.807) is 0 Å². The van der Waals surface area contributed by atoms with E-state index in [1.165, 1.54) is 43.6 Å². The van der Waals surface area contributed by atoms with Crippen LogP contribution in [0.15, 0.2) is 146 Å². The first-order valence-electron chi connectivity index (χ1n) is 14.5. The van der Waals surface area contributed by atoms with Crippen LogP contribution >= 0.6 is 0 Å². The molecule has 1 nitrogen and oxygen atoms in total. The molecule has 8 aromatic rings. The molecule has 0 fully saturated rings. The highest BCUT2D eigenvalue weighted by molar-refractivity contribution is 6.22. The van der Waals surface area contributed by atoms with Gasteiger partial charge in [0.15, 0.2) is 0 Å². The van der Waals surface area contributed by atoms with Crippen LogP contribution in [0, 0.1) is 0 Å². The van der Waals surface area contributed by atoms with Crippen LogP contribution in [0.25, 0.3) is 76.5 Å². The predicted octanol–water partition coefficient (Wildman–Crippen LogP) is 11.4. The molecule has 190 valence electrons. The largest absolute Gasteiger partial charge is 0.456 e. The lowest BCUT2D eigenvalue weighted by molar-refractivity contribution is 0.487. The summed E-state index contributed by atoms with van der Waals surface area (Å²) in [7, 11) is 0. The fourth-order valence-electron chi connectivity index (χ4n) is 6.75. The molecule has 0 saturated carbocycles. The molecule has 0 saturated heterocycles. The van der Waals surface area contributed by atoms with Crippen LogP contribution in [0.4, 0.5) is 0 Å². The molecule has 1 aliphatic rings. The first kappa shape index (κ1) is 21.4. The summed E-state index contributed by atoms with van der Waals surface area (Å²) in [5, 5.41) is 9.38. The summed E-state index contributed by atoms with van der Waals surface area (Å²) >= 11 is 0. The van der Waals surface area contributed by atoms with E-state index in [1.807, 2.05) is 18.2 Å². The Morgan fingerprint density at radius 1 is 0.415 bits per heavy atom. The number of fused-ring (bicyclic) bond motifs is 5. The maximum Gasteiger partial charge on any atom is 0.135 e. The molecular formula is C40H24O. The van der Waals surface area contributed by atoms with E-state index in [0.717, 1.165) is 44.3 Å². The van der Waals surface area contributed by atoms with E-state index in [-0.39, 0.29) is 0 Å². The average Bonchev–Trinajstić information content (AvgIpc) is 3.03. The predicted molar refractivity (Wildman–Crippen MR) is 173 cm³/mol. The van der Waals surface area contributed by atoms with E-state index >= 15 is 0 Å². The highest BCUT2D eigenvalue weighted by atomic mass is 16.5. The van der Waals surface area contributed by atoms with Crippen molar-refractivity contribution in [2.24, 2.45) is 0 Å². The molecule has 0 atom stereocenters. The highest BCUT2D eigenvalue weighted by Gasteiger charge is 2.22. The fraction of sp³-hybridized carbons (Fsp3) is 0. The van der Waals surface area contributed by atoms with Crippen LogP contribution in [0.3, 0.4) is 0 Å². The van der Waals surface area contributed by atoms with Crippen molar-refractivity contribution >= 4 is 43.1 Å². The van der Waals surface area contributed by atoms with Crippen molar-refractivity contribution in [2.75, 3.05) is 0 Å². The van der Waals surface area contributed by atoms with Crippen molar-refractivity contribution in [1.82, 2.24) is 0 Å². The fourth-order valence-corrected chi connectivity index (χ4v) is 6.75. The second-order valence-corrected chi connectivity index (χ2v) is 10.8. The van der Waals surface area contributed by atoms with Gasteiger partial charge in [0.25, 0.3) is 0 Å². The second kappa shape index (κ2) is 8.55. The summed E-state index contributed by atoms with van der Waals surface area (Å²) in [6.45, 7) is 0. The highest BCUT2D eigenvalue weighted by Crippen LogP contribution is 2.49. The Balaban J connectivity index is 1.36. The summed E-state index contributed by atoms with van der Waals surface area (Å²) in [6.07, 6.45) is 0. The van der Waals surface area contributed by atoms with Gasteiger partial charge in [0.2, 0.25) is 0 Å². The van der Waals surface area contributed by atoms with Crippen LogP contribution in [0.1, 0.15) is 1.37 Å². The van der Waals surface area contributed by atoms with Crippen LogP contribution < -0.4 is 4.74 Å². The molecular weight excluding hydrogens is 496 g/mol. The van der Waals surface area contributed by atoms with Crippen molar-refractivity contribution in [3.05, 3.63) is 146 Å². The zero-order chi connectivity index (χ0) is 27.8. The molecule has 0 unspecified atom stereocenters. The molecule has 0 radical (unpaired) electrons. The van der Waals surface area contributed by atoms with Crippen molar-refractivity contribution in [1.29, 1.82) is 0 Å². The lowest BCUT2D eigenvalue weighted by atomic mass is 9.84. The van der Waals surface area contributed by atoms with E-state index in [2.05, 4.69) is 121 Å².